The standard InChI is InChI=1S/C28H25ClN4O3S/c1-16-6-11-22(17(2)13-16)33-24(34)15-37-28-21(14-30)26(23-5-4-12-36-23)25(18(3)31-28)27(35)32-20-9-7-19(29)8-10-20/h4-13,26,31H,15H2,1-3H3,(H,32,35)(H,33,34)/t26-/m1/s1. The van der Waals surface area contributed by atoms with Gasteiger partial charge in [0.25, 0.3) is 5.91 Å². The number of nitrogens with zero attached hydrogens (tertiary/aromatic N) is 1. The summed E-state index contributed by atoms with van der Waals surface area (Å²) in [5, 5.41) is 20.1. The number of nitrogens with one attached hydrogen (secondary N) is 3. The molecule has 0 fully saturated rings. The van der Waals surface area contributed by atoms with Crippen molar-refractivity contribution in [2.75, 3.05) is 16.4 Å². The molecule has 0 saturated carbocycles. The normalized spacial score (nSPS) is 15.2. The average molecular weight is 533 g/mol. The number of carbonyl (C=O) groups is 2. The third-order valence-electron chi connectivity index (χ3n) is 5.83. The highest BCUT2D eigenvalue weighted by Crippen LogP contribution is 2.41. The zero-order valence-electron chi connectivity index (χ0n) is 20.5. The number of furan rings is 1. The minimum absolute atomic E-state index is 0.0747. The van der Waals surface area contributed by atoms with Crippen molar-refractivity contribution >= 4 is 46.6 Å². The fourth-order valence-electron chi connectivity index (χ4n) is 4.08. The van der Waals surface area contributed by atoms with Crippen LogP contribution in [0.1, 0.15) is 29.7 Å². The van der Waals surface area contributed by atoms with Crippen LogP contribution in [-0.2, 0) is 9.59 Å². The van der Waals surface area contributed by atoms with Crippen LogP contribution >= 0.6 is 23.4 Å². The quantitative estimate of drug-likeness (QED) is 0.331. The predicted molar refractivity (Wildman–Crippen MR) is 147 cm³/mol. The van der Waals surface area contributed by atoms with E-state index in [1.165, 1.54) is 18.0 Å². The lowest BCUT2D eigenvalue weighted by atomic mass is 9.85. The van der Waals surface area contributed by atoms with E-state index in [0.717, 1.165) is 16.8 Å². The molecule has 3 N–H and O–H groups in total. The van der Waals surface area contributed by atoms with Crippen molar-refractivity contribution < 1.29 is 14.0 Å². The number of dihydropyridines is 1. The van der Waals surface area contributed by atoms with E-state index in [9.17, 15) is 14.9 Å². The summed E-state index contributed by atoms with van der Waals surface area (Å²) in [5.74, 6) is -0.787. The molecule has 0 bridgehead atoms. The van der Waals surface area contributed by atoms with Crippen LogP contribution in [0.15, 0.2) is 87.1 Å². The van der Waals surface area contributed by atoms with Gasteiger partial charge in [0, 0.05) is 22.1 Å². The number of rotatable bonds is 7. The van der Waals surface area contributed by atoms with Gasteiger partial charge in [-0.1, -0.05) is 41.1 Å². The van der Waals surface area contributed by atoms with E-state index in [0.29, 0.717) is 38.3 Å². The molecule has 7 nitrogen and oxygen atoms in total. The van der Waals surface area contributed by atoms with Gasteiger partial charge >= 0.3 is 0 Å². The number of anilines is 2. The summed E-state index contributed by atoms with van der Waals surface area (Å²) in [6.45, 7) is 5.69. The lowest BCUT2D eigenvalue weighted by molar-refractivity contribution is -0.114. The third kappa shape index (κ3) is 6.08. The molecule has 1 aromatic heterocycles. The Hall–Kier alpha value is -3.93. The molecule has 0 spiro atoms. The number of hydrogen-bond acceptors (Lipinski definition) is 6. The first-order chi connectivity index (χ1) is 17.8. The Labute approximate surface area is 224 Å². The van der Waals surface area contributed by atoms with Gasteiger partial charge in [0.05, 0.1) is 40.2 Å². The van der Waals surface area contributed by atoms with Gasteiger partial charge in [-0.2, -0.15) is 5.26 Å². The smallest absolute Gasteiger partial charge is 0.254 e. The van der Waals surface area contributed by atoms with Gasteiger partial charge in [-0.25, -0.2) is 0 Å². The van der Waals surface area contributed by atoms with E-state index in [2.05, 4.69) is 22.0 Å². The van der Waals surface area contributed by atoms with Crippen LogP contribution in [-0.4, -0.2) is 17.6 Å². The fraction of sp³-hybridized carbons (Fsp3) is 0.179. The number of aryl methyl sites for hydroxylation is 2. The van der Waals surface area contributed by atoms with E-state index in [4.69, 9.17) is 16.0 Å². The van der Waals surface area contributed by atoms with Gasteiger partial charge in [-0.05, 0) is 68.8 Å². The monoisotopic (exact) mass is 532 g/mol. The molecule has 0 unspecified atom stereocenters. The molecule has 9 heteroatoms. The number of nitriles is 1. The first kappa shape index (κ1) is 26.1. The van der Waals surface area contributed by atoms with Crippen molar-refractivity contribution in [3.05, 3.63) is 105 Å². The summed E-state index contributed by atoms with van der Waals surface area (Å²) >= 11 is 7.16. The number of hydrogen-bond donors (Lipinski definition) is 3. The second-order valence-corrected chi connectivity index (χ2v) is 10.0. The highest BCUT2D eigenvalue weighted by molar-refractivity contribution is 8.03. The van der Waals surface area contributed by atoms with Crippen molar-refractivity contribution in [1.82, 2.24) is 5.32 Å². The Balaban J connectivity index is 1.57. The van der Waals surface area contributed by atoms with Crippen molar-refractivity contribution in [1.29, 1.82) is 5.26 Å². The molecule has 0 saturated heterocycles. The highest BCUT2D eigenvalue weighted by Gasteiger charge is 2.36. The van der Waals surface area contributed by atoms with Crippen molar-refractivity contribution in [2.24, 2.45) is 0 Å². The fourth-order valence-corrected chi connectivity index (χ4v) is 5.09. The molecule has 4 rings (SSSR count). The number of allylic oxidation sites excluding steroid dienone is 2. The summed E-state index contributed by atoms with van der Waals surface area (Å²) < 4.78 is 5.64. The van der Waals surface area contributed by atoms with E-state index < -0.39 is 5.92 Å². The van der Waals surface area contributed by atoms with Crippen LogP contribution < -0.4 is 16.0 Å². The molecule has 3 aromatic rings. The van der Waals surface area contributed by atoms with Crippen molar-refractivity contribution in [3.63, 3.8) is 0 Å². The maximum Gasteiger partial charge on any atom is 0.254 e. The van der Waals surface area contributed by atoms with Gasteiger partial charge in [0.2, 0.25) is 5.91 Å². The van der Waals surface area contributed by atoms with Crippen LogP contribution in [0.4, 0.5) is 11.4 Å². The SMILES string of the molecule is CC1=C(C(=O)Nc2ccc(Cl)cc2)[C@@H](c2ccco2)C(C#N)=C(SCC(=O)Nc2ccc(C)cc2C)N1. The lowest BCUT2D eigenvalue weighted by Crippen LogP contribution is -2.31. The molecule has 0 radical (unpaired) electrons. The number of carbonyl (C=O) groups excluding carboxylic acids is 2. The summed E-state index contributed by atoms with van der Waals surface area (Å²) in [7, 11) is 0. The molecule has 1 aliphatic rings. The van der Waals surface area contributed by atoms with Gasteiger partial charge in [-0.15, -0.1) is 0 Å². The molecule has 2 amide bonds. The maximum atomic E-state index is 13.4. The topological polar surface area (TPSA) is 107 Å². The van der Waals surface area contributed by atoms with E-state index >= 15 is 0 Å². The second kappa shape index (κ2) is 11.4. The molecule has 1 aliphatic heterocycles. The van der Waals surface area contributed by atoms with Gasteiger partial charge in [0.1, 0.15) is 5.76 Å². The first-order valence-corrected chi connectivity index (χ1v) is 12.9. The maximum absolute atomic E-state index is 13.4. The minimum Gasteiger partial charge on any atom is -0.468 e. The molecule has 2 aromatic carbocycles. The second-order valence-electron chi connectivity index (χ2n) is 8.58. The Bertz CT molecular complexity index is 1440. The molecule has 37 heavy (non-hydrogen) atoms. The summed E-state index contributed by atoms with van der Waals surface area (Å²) in [6, 6.07) is 18.2. The van der Waals surface area contributed by atoms with Crippen molar-refractivity contribution in [2.45, 2.75) is 26.7 Å². The van der Waals surface area contributed by atoms with Crippen LogP contribution in [0.3, 0.4) is 0 Å². The number of thioether (sulfide) groups is 1. The van der Waals surface area contributed by atoms with Crippen LogP contribution in [0.25, 0.3) is 0 Å². The summed E-state index contributed by atoms with van der Waals surface area (Å²) in [6.07, 6.45) is 1.50. The van der Waals surface area contributed by atoms with Crippen molar-refractivity contribution in [3.8, 4) is 6.07 Å². The van der Waals surface area contributed by atoms with Gasteiger partial charge in [-0.3, -0.25) is 9.59 Å². The Morgan fingerprint density at radius 3 is 2.51 bits per heavy atom. The largest absolute Gasteiger partial charge is 0.468 e. The first-order valence-electron chi connectivity index (χ1n) is 11.5. The molecular formula is C28H25ClN4O3S. The van der Waals surface area contributed by atoms with Crippen LogP contribution in [0, 0.1) is 25.2 Å². The summed E-state index contributed by atoms with van der Waals surface area (Å²) in [4.78, 5) is 26.1. The van der Waals surface area contributed by atoms with Crippen LogP contribution in [0.2, 0.25) is 5.02 Å². The van der Waals surface area contributed by atoms with Crippen LogP contribution in [0.5, 0.6) is 0 Å². The molecule has 2 heterocycles. The Morgan fingerprint density at radius 1 is 1.11 bits per heavy atom. The Morgan fingerprint density at radius 2 is 1.86 bits per heavy atom. The molecule has 188 valence electrons. The van der Waals surface area contributed by atoms with Gasteiger partial charge in [0.15, 0.2) is 0 Å². The van der Waals surface area contributed by atoms with E-state index in [1.807, 2.05) is 32.0 Å². The highest BCUT2D eigenvalue weighted by atomic mass is 35.5. The number of benzene rings is 2. The third-order valence-corrected chi connectivity index (χ3v) is 7.09. The van der Waals surface area contributed by atoms with E-state index in [-0.39, 0.29) is 17.6 Å². The number of amides is 2. The average Bonchev–Trinajstić information content (AvgIpc) is 3.40. The van der Waals surface area contributed by atoms with Gasteiger partial charge < -0.3 is 20.4 Å². The predicted octanol–water partition coefficient (Wildman–Crippen LogP) is 6.26. The molecule has 1 atom stereocenters. The molecular weight excluding hydrogens is 508 g/mol. The Kier molecular flexibility index (Phi) is 8.07. The number of halogens is 1. The molecule has 0 aliphatic carbocycles. The zero-order chi connectivity index (χ0) is 26.5. The summed E-state index contributed by atoms with van der Waals surface area (Å²) in [5.41, 5.74) is 4.61. The zero-order valence-corrected chi connectivity index (χ0v) is 22.1. The lowest BCUT2D eigenvalue weighted by Gasteiger charge is -2.28. The van der Waals surface area contributed by atoms with E-state index in [1.54, 1.807) is 43.3 Å². The minimum atomic E-state index is -0.738.